The molecule has 4 heterocycles. The minimum Gasteiger partial charge on any atom is -0.353 e. The van der Waals surface area contributed by atoms with Crippen molar-refractivity contribution in [3.05, 3.63) is 46.1 Å². The molecule has 1 saturated heterocycles. The molecule has 0 atom stereocenters. The number of sulfonamides is 1. The van der Waals surface area contributed by atoms with Crippen molar-refractivity contribution in [1.29, 1.82) is 0 Å². The van der Waals surface area contributed by atoms with Crippen molar-refractivity contribution < 1.29 is 21.6 Å². The first-order valence-corrected chi connectivity index (χ1v) is 16.4. The highest BCUT2D eigenvalue weighted by Gasteiger charge is 2.35. The van der Waals surface area contributed by atoms with Gasteiger partial charge in [-0.2, -0.15) is 17.5 Å². The zero-order valence-corrected chi connectivity index (χ0v) is 24.2. The number of likely N-dealkylation sites (N-methyl/N-ethyl adjacent to an activating group) is 1. The Bertz CT molecular complexity index is 1490. The van der Waals surface area contributed by atoms with E-state index in [9.17, 15) is 21.6 Å². The van der Waals surface area contributed by atoms with Gasteiger partial charge in [0.2, 0.25) is 10.0 Å². The number of anilines is 1. The number of fused-ring (bicyclic) bond motifs is 3. The fraction of sp³-hybridized carbons (Fsp3) is 0.571. The summed E-state index contributed by atoms with van der Waals surface area (Å²) in [4.78, 5) is 16.9. The molecular weight excluding hydrogens is 559 g/mol. The summed E-state index contributed by atoms with van der Waals surface area (Å²) in [5.74, 6) is 2.13. The van der Waals surface area contributed by atoms with E-state index in [2.05, 4.69) is 16.7 Å². The van der Waals surface area contributed by atoms with E-state index < -0.39 is 21.8 Å². The van der Waals surface area contributed by atoms with E-state index in [4.69, 9.17) is 9.97 Å². The van der Waals surface area contributed by atoms with Crippen LogP contribution in [0.15, 0.2) is 29.2 Å². The van der Waals surface area contributed by atoms with Crippen LogP contribution in [0.2, 0.25) is 0 Å². The monoisotopic (exact) mass is 593 g/mol. The molecule has 1 aliphatic carbocycles. The Balaban J connectivity index is 1.30. The zero-order chi connectivity index (χ0) is 28.1. The third kappa shape index (κ3) is 5.23. The van der Waals surface area contributed by atoms with Crippen LogP contribution in [0.1, 0.15) is 66.8 Å². The van der Waals surface area contributed by atoms with E-state index in [1.165, 1.54) is 40.1 Å². The molecule has 6 rings (SSSR count). The van der Waals surface area contributed by atoms with Crippen LogP contribution < -0.4 is 4.90 Å². The highest BCUT2D eigenvalue weighted by Crippen LogP contribution is 2.41. The summed E-state index contributed by atoms with van der Waals surface area (Å²) >= 11 is 1.76. The van der Waals surface area contributed by atoms with Crippen molar-refractivity contribution in [2.75, 3.05) is 44.2 Å². The summed E-state index contributed by atoms with van der Waals surface area (Å²) in [5.41, 5.74) is 0.351. The molecule has 40 heavy (non-hydrogen) atoms. The summed E-state index contributed by atoms with van der Waals surface area (Å²) in [5, 5.41) is 1.10. The standard InChI is InChI=1S/C28H34F3N5O2S2/c1-2-34-12-11-22-23(18-34)39-27-24(22)26(32-25(33-27)19-7-4-3-5-8-19)35-13-15-36(16-14-35)40(37,38)21-10-6-9-20(17-21)28(29,30)31/h6,9-10,17,19H,2-5,7-8,11-16,18H2,1H3. The number of benzene rings is 1. The van der Waals surface area contributed by atoms with E-state index in [0.29, 0.717) is 19.0 Å². The highest BCUT2D eigenvalue weighted by molar-refractivity contribution is 7.89. The quantitative estimate of drug-likeness (QED) is 0.381. The molecular formula is C28H34F3N5O2S2. The van der Waals surface area contributed by atoms with Gasteiger partial charge in [0.1, 0.15) is 16.5 Å². The van der Waals surface area contributed by atoms with Crippen LogP contribution in [-0.2, 0) is 29.2 Å². The van der Waals surface area contributed by atoms with Crippen LogP contribution in [0.25, 0.3) is 10.2 Å². The average molecular weight is 594 g/mol. The molecule has 7 nitrogen and oxygen atoms in total. The fourth-order valence-electron chi connectivity index (χ4n) is 6.21. The third-order valence-electron chi connectivity index (χ3n) is 8.53. The first-order valence-electron chi connectivity index (χ1n) is 14.1. The number of hydrogen-bond acceptors (Lipinski definition) is 7. The Kier molecular flexibility index (Phi) is 7.56. The number of rotatable bonds is 5. The molecule has 3 aliphatic rings. The minimum atomic E-state index is -4.60. The predicted octanol–water partition coefficient (Wildman–Crippen LogP) is 5.65. The topological polar surface area (TPSA) is 69.6 Å². The van der Waals surface area contributed by atoms with Gasteiger partial charge in [-0.05, 0) is 49.6 Å². The van der Waals surface area contributed by atoms with Crippen molar-refractivity contribution in [2.24, 2.45) is 0 Å². The van der Waals surface area contributed by atoms with Crippen molar-refractivity contribution in [3.8, 4) is 0 Å². The Morgan fingerprint density at radius 3 is 2.48 bits per heavy atom. The van der Waals surface area contributed by atoms with Gasteiger partial charge in [0.15, 0.2) is 0 Å². The molecule has 0 amide bonds. The van der Waals surface area contributed by atoms with Crippen LogP contribution in [0, 0.1) is 0 Å². The second-order valence-electron chi connectivity index (χ2n) is 11.0. The van der Waals surface area contributed by atoms with Crippen LogP contribution in [0.3, 0.4) is 0 Å². The molecule has 0 unspecified atom stereocenters. The molecule has 1 saturated carbocycles. The van der Waals surface area contributed by atoms with Crippen molar-refractivity contribution in [3.63, 3.8) is 0 Å². The lowest BCUT2D eigenvalue weighted by molar-refractivity contribution is -0.137. The van der Waals surface area contributed by atoms with Crippen molar-refractivity contribution >= 4 is 37.4 Å². The number of hydrogen-bond donors (Lipinski definition) is 0. The number of nitrogens with zero attached hydrogens (tertiary/aromatic N) is 5. The highest BCUT2D eigenvalue weighted by atomic mass is 32.2. The molecule has 1 aromatic carbocycles. The third-order valence-corrected chi connectivity index (χ3v) is 11.5. The number of alkyl halides is 3. The van der Waals surface area contributed by atoms with Gasteiger partial charge in [-0.3, -0.25) is 4.90 Å². The minimum absolute atomic E-state index is 0.179. The van der Waals surface area contributed by atoms with Gasteiger partial charge in [-0.15, -0.1) is 11.3 Å². The Morgan fingerprint density at radius 1 is 1.02 bits per heavy atom. The van der Waals surface area contributed by atoms with Gasteiger partial charge in [0.25, 0.3) is 0 Å². The fourth-order valence-corrected chi connectivity index (χ4v) is 8.94. The maximum Gasteiger partial charge on any atom is 0.416 e. The van der Waals surface area contributed by atoms with Crippen LogP contribution in [0.5, 0.6) is 0 Å². The van der Waals surface area contributed by atoms with Crippen molar-refractivity contribution in [1.82, 2.24) is 19.2 Å². The molecule has 3 aromatic rings. The van der Waals surface area contributed by atoms with Crippen LogP contribution in [0.4, 0.5) is 19.0 Å². The van der Waals surface area contributed by atoms with E-state index in [-0.39, 0.29) is 18.0 Å². The van der Waals surface area contributed by atoms with E-state index in [1.807, 2.05) is 0 Å². The molecule has 2 fully saturated rings. The summed E-state index contributed by atoms with van der Waals surface area (Å²) in [7, 11) is -4.06. The Labute approximate surface area is 237 Å². The van der Waals surface area contributed by atoms with Gasteiger partial charge in [-0.1, -0.05) is 32.3 Å². The maximum absolute atomic E-state index is 13.3. The first-order chi connectivity index (χ1) is 19.1. The lowest BCUT2D eigenvalue weighted by Crippen LogP contribution is -2.49. The van der Waals surface area contributed by atoms with Gasteiger partial charge in [0, 0.05) is 50.1 Å². The Hall–Kier alpha value is -2.28. The lowest BCUT2D eigenvalue weighted by Gasteiger charge is -2.35. The SMILES string of the molecule is CCN1CCc2c(sc3nc(C4CCCCC4)nc(N4CCN(S(=O)(=O)c5cccc(C(F)(F)F)c5)CC4)c23)C1. The van der Waals surface area contributed by atoms with Gasteiger partial charge in [0.05, 0.1) is 15.8 Å². The second-order valence-corrected chi connectivity index (χ2v) is 14.0. The smallest absolute Gasteiger partial charge is 0.353 e. The van der Waals surface area contributed by atoms with Gasteiger partial charge >= 0.3 is 6.18 Å². The van der Waals surface area contributed by atoms with Gasteiger partial charge in [-0.25, -0.2) is 18.4 Å². The van der Waals surface area contributed by atoms with Crippen molar-refractivity contribution in [2.45, 2.75) is 69.0 Å². The molecule has 0 radical (unpaired) electrons. The molecule has 12 heteroatoms. The Morgan fingerprint density at radius 2 is 1.77 bits per heavy atom. The van der Waals surface area contributed by atoms with Gasteiger partial charge < -0.3 is 4.90 Å². The molecule has 0 bridgehead atoms. The molecule has 0 N–H and O–H groups in total. The summed E-state index contributed by atoms with van der Waals surface area (Å²) in [6, 6.07) is 4.00. The average Bonchev–Trinajstić information content (AvgIpc) is 3.34. The van der Waals surface area contributed by atoms with E-state index >= 15 is 0 Å². The van der Waals surface area contributed by atoms with E-state index in [1.54, 1.807) is 11.3 Å². The molecule has 2 aromatic heterocycles. The summed E-state index contributed by atoms with van der Waals surface area (Å²) in [6.45, 7) is 6.27. The van der Waals surface area contributed by atoms with Crippen LogP contribution in [-0.4, -0.2) is 66.9 Å². The summed E-state index contributed by atoms with van der Waals surface area (Å²) < 4.78 is 67.6. The second kappa shape index (κ2) is 10.8. The van der Waals surface area contributed by atoms with Crippen LogP contribution >= 0.6 is 11.3 Å². The van der Waals surface area contributed by atoms with E-state index in [0.717, 1.165) is 79.0 Å². The number of thiophene rings is 1. The largest absolute Gasteiger partial charge is 0.416 e. The lowest BCUT2D eigenvalue weighted by atomic mass is 9.88. The normalized spacial score (nSPS) is 20.2. The first kappa shape index (κ1) is 27.9. The zero-order valence-electron chi connectivity index (χ0n) is 22.6. The molecule has 216 valence electrons. The molecule has 0 spiro atoms. The predicted molar refractivity (Wildman–Crippen MR) is 150 cm³/mol. The summed E-state index contributed by atoms with van der Waals surface area (Å²) in [6.07, 6.45) is 2.11. The number of halogens is 3. The molecule has 2 aliphatic heterocycles. The number of piperazine rings is 1. The maximum atomic E-state index is 13.3. The number of aromatic nitrogens is 2.